The quantitative estimate of drug-likeness (QED) is 0.749. The summed E-state index contributed by atoms with van der Waals surface area (Å²) in [5, 5.41) is 6.49. The fraction of sp³-hybridized carbons (Fsp3) is 0.923. The first kappa shape index (κ1) is 14.5. The van der Waals surface area contributed by atoms with E-state index >= 15 is 0 Å². The highest BCUT2D eigenvalue weighted by Crippen LogP contribution is 2.32. The Balaban J connectivity index is 2.54. The lowest BCUT2D eigenvalue weighted by Crippen LogP contribution is -2.51. The Bertz CT molecular complexity index is 247. The maximum absolute atomic E-state index is 12.4. The van der Waals surface area contributed by atoms with Crippen molar-refractivity contribution in [1.82, 2.24) is 15.5 Å². The molecule has 1 unspecified atom stereocenters. The van der Waals surface area contributed by atoms with Gasteiger partial charge < -0.3 is 15.5 Å². The first-order chi connectivity index (χ1) is 8.00. The van der Waals surface area contributed by atoms with Gasteiger partial charge in [-0.1, -0.05) is 6.92 Å². The largest absolute Gasteiger partial charge is 0.352 e. The third-order valence-corrected chi connectivity index (χ3v) is 3.74. The summed E-state index contributed by atoms with van der Waals surface area (Å²) in [6, 6.07) is 0.218. The number of amides is 1. The Morgan fingerprint density at radius 2 is 2.00 bits per heavy atom. The number of carbonyl (C=O) groups is 1. The van der Waals surface area contributed by atoms with Crippen molar-refractivity contribution >= 4 is 5.91 Å². The topological polar surface area (TPSA) is 44.4 Å². The predicted molar refractivity (Wildman–Crippen MR) is 71.0 cm³/mol. The Morgan fingerprint density at radius 3 is 2.47 bits per heavy atom. The van der Waals surface area contributed by atoms with Crippen molar-refractivity contribution in [2.45, 2.75) is 39.2 Å². The van der Waals surface area contributed by atoms with Gasteiger partial charge in [0.2, 0.25) is 5.91 Å². The van der Waals surface area contributed by atoms with Gasteiger partial charge in [-0.2, -0.15) is 0 Å². The zero-order valence-corrected chi connectivity index (χ0v) is 11.7. The van der Waals surface area contributed by atoms with Crippen LogP contribution in [-0.2, 0) is 4.79 Å². The molecule has 1 aliphatic rings. The number of nitrogens with one attached hydrogen (secondary N) is 2. The molecular formula is C13H27N3O. The molecule has 0 saturated carbocycles. The molecular weight excluding hydrogens is 214 g/mol. The Morgan fingerprint density at radius 1 is 1.41 bits per heavy atom. The minimum absolute atomic E-state index is 0.133. The van der Waals surface area contributed by atoms with Gasteiger partial charge in [0, 0.05) is 12.6 Å². The lowest BCUT2D eigenvalue weighted by atomic mass is 9.75. The Labute approximate surface area is 105 Å². The van der Waals surface area contributed by atoms with E-state index < -0.39 is 0 Å². The van der Waals surface area contributed by atoms with Crippen LogP contribution in [0.15, 0.2) is 0 Å². The molecule has 4 heteroatoms. The standard InChI is InChI=1S/C13H27N3O/c1-5-13(6-8-14-9-7-13)12(17)15-11(2)10-16(3)4/h11,14H,5-10H2,1-4H3,(H,15,17). The van der Waals surface area contributed by atoms with Gasteiger partial charge in [-0.15, -0.1) is 0 Å². The molecule has 0 radical (unpaired) electrons. The minimum Gasteiger partial charge on any atom is -0.352 e. The normalized spacial score (nSPS) is 21.2. The van der Waals surface area contributed by atoms with E-state index in [0.29, 0.717) is 0 Å². The third kappa shape index (κ3) is 3.96. The average molecular weight is 241 g/mol. The van der Waals surface area contributed by atoms with Crippen molar-refractivity contribution in [1.29, 1.82) is 0 Å². The monoisotopic (exact) mass is 241 g/mol. The predicted octanol–water partition coefficient (Wildman–Crippen LogP) is 0.833. The number of nitrogens with zero attached hydrogens (tertiary/aromatic N) is 1. The highest BCUT2D eigenvalue weighted by molar-refractivity contribution is 5.83. The van der Waals surface area contributed by atoms with Gasteiger partial charge in [0.05, 0.1) is 5.41 Å². The van der Waals surface area contributed by atoms with E-state index in [-0.39, 0.29) is 17.4 Å². The van der Waals surface area contributed by atoms with Crippen LogP contribution in [0.4, 0.5) is 0 Å². The molecule has 1 amide bonds. The van der Waals surface area contributed by atoms with Crippen LogP contribution < -0.4 is 10.6 Å². The van der Waals surface area contributed by atoms with Gasteiger partial charge in [0.1, 0.15) is 0 Å². The lowest BCUT2D eigenvalue weighted by Gasteiger charge is -2.36. The summed E-state index contributed by atoms with van der Waals surface area (Å²) >= 11 is 0. The van der Waals surface area contributed by atoms with Crippen LogP contribution in [0.3, 0.4) is 0 Å². The Hall–Kier alpha value is -0.610. The second-order valence-electron chi connectivity index (χ2n) is 5.52. The number of carbonyl (C=O) groups excluding carboxylic acids is 1. The molecule has 1 aliphatic heterocycles. The van der Waals surface area contributed by atoms with Crippen molar-refractivity contribution in [3.8, 4) is 0 Å². The molecule has 0 aromatic carbocycles. The zero-order valence-electron chi connectivity index (χ0n) is 11.7. The fourth-order valence-electron chi connectivity index (χ4n) is 2.62. The maximum Gasteiger partial charge on any atom is 0.226 e. The van der Waals surface area contributed by atoms with E-state index in [9.17, 15) is 4.79 Å². The van der Waals surface area contributed by atoms with Crippen LogP contribution in [0.2, 0.25) is 0 Å². The number of likely N-dealkylation sites (N-methyl/N-ethyl adjacent to an activating group) is 1. The highest BCUT2D eigenvalue weighted by atomic mass is 16.2. The molecule has 2 N–H and O–H groups in total. The van der Waals surface area contributed by atoms with E-state index in [0.717, 1.165) is 38.9 Å². The average Bonchev–Trinajstić information content (AvgIpc) is 2.28. The first-order valence-corrected chi connectivity index (χ1v) is 6.66. The molecule has 1 saturated heterocycles. The smallest absolute Gasteiger partial charge is 0.226 e. The van der Waals surface area contributed by atoms with Crippen LogP contribution in [0, 0.1) is 5.41 Å². The molecule has 0 spiro atoms. The van der Waals surface area contributed by atoms with Gasteiger partial charge in [0.25, 0.3) is 0 Å². The number of piperidine rings is 1. The molecule has 100 valence electrons. The number of hydrogen-bond acceptors (Lipinski definition) is 3. The summed E-state index contributed by atoms with van der Waals surface area (Å²) in [5.41, 5.74) is -0.133. The summed E-state index contributed by atoms with van der Waals surface area (Å²) in [6.45, 7) is 7.01. The molecule has 1 fully saturated rings. The highest BCUT2D eigenvalue weighted by Gasteiger charge is 2.37. The van der Waals surface area contributed by atoms with Crippen molar-refractivity contribution in [2.75, 3.05) is 33.7 Å². The molecule has 0 aromatic rings. The maximum atomic E-state index is 12.4. The zero-order chi connectivity index (χ0) is 12.9. The molecule has 0 bridgehead atoms. The lowest BCUT2D eigenvalue weighted by molar-refractivity contribution is -0.133. The summed E-state index contributed by atoms with van der Waals surface area (Å²) in [4.78, 5) is 14.5. The summed E-state index contributed by atoms with van der Waals surface area (Å²) in [5.74, 6) is 0.246. The van der Waals surface area contributed by atoms with Crippen LogP contribution >= 0.6 is 0 Å². The van der Waals surface area contributed by atoms with Crippen molar-refractivity contribution < 1.29 is 4.79 Å². The number of hydrogen-bond donors (Lipinski definition) is 2. The van der Waals surface area contributed by atoms with Gasteiger partial charge in [-0.3, -0.25) is 4.79 Å². The van der Waals surface area contributed by atoms with E-state index in [1.165, 1.54) is 0 Å². The van der Waals surface area contributed by atoms with E-state index in [1.54, 1.807) is 0 Å². The van der Waals surface area contributed by atoms with E-state index in [1.807, 2.05) is 14.1 Å². The fourth-order valence-corrected chi connectivity index (χ4v) is 2.62. The second kappa shape index (κ2) is 6.36. The minimum atomic E-state index is -0.133. The van der Waals surface area contributed by atoms with Crippen molar-refractivity contribution in [3.63, 3.8) is 0 Å². The van der Waals surface area contributed by atoms with Crippen LogP contribution in [0.25, 0.3) is 0 Å². The summed E-state index contributed by atoms with van der Waals surface area (Å²) in [6.07, 6.45) is 2.86. The summed E-state index contributed by atoms with van der Waals surface area (Å²) < 4.78 is 0. The van der Waals surface area contributed by atoms with Crippen molar-refractivity contribution in [2.24, 2.45) is 5.41 Å². The van der Waals surface area contributed by atoms with Crippen LogP contribution in [-0.4, -0.2) is 50.6 Å². The van der Waals surface area contributed by atoms with Crippen molar-refractivity contribution in [3.05, 3.63) is 0 Å². The first-order valence-electron chi connectivity index (χ1n) is 6.66. The molecule has 0 aromatic heterocycles. The van der Waals surface area contributed by atoms with Gasteiger partial charge in [-0.05, 0) is 53.4 Å². The van der Waals surface area contributed by atoms with Crippen LogP contribution in [0.1, 0.15) is 33.1 Å². The SMILES string of the molecule is CCC1(C(=O)NC(C)CN(C)C)CCNCC1. The second-order valence-corrected chi connectivity index (χ2v) is 5.52. The molecule has 1 atom stereocenters. The summed E-state index contributed by atoms with van der Waals surface area (Å²) in [7, 11) is 4.06. The third-order valence-electron chi connectivity index (χ3n) is 3.74. The molecule has 0 aliphatic carbocycles. The van der Waals surface area contributed by atoms with E-state index in [2.05, 4.69) is 29.4 Å². The molecule has 17 heavy (non-hydrogen) atoms. The van der Waals surface area contributed by atoms with Gasteiger partial charge >= 0.3 is 0 Å². The Kier molecular flexibility index (Phi) is 5.40. The van der Waals surface area contributed by atoms with Gasteiger partial charge in [-0.25, -0.2) is 0 Å². The molecule has 1 heterocycles. The van der Waals surface area contributed by atoms with Crippen LogP contribution in [0.5, 0.6) is 0 Å². The molecule has 1 rings (SSSR count). The molecule has 4 nitrogen and oxygen atoms in total. The van der Waals surface area contributed by atoms with Gasteiger partial charge in [0.15, 0.2) is 0 Å². The number of rotatable bonds is 5. The van der Waals surface area contributed by atoms with E-state index in [4.69, 9.17) is 0 Å².